The van der Waals surface area contributed by atoms with E-state index >= 15 is 0 Å². The van der Waals surface area contributed by atoms with Gasteiger partial charge in [0.25, 0.3) is 5.91 Å². The Morgan fingerprint density at radius 2 is 1.38 bits per heavy atom. The quantitative estimate of drug-likeness (QED) is 0.678. The monoisotopic (exact) mass is 345 g/mol. The second-order valence-corrected chi connectivity index (χ2v) is 6.31. The number of amides is 1. The maximum absolute atomic E-state index is 12.4. The van der Waals surface area contributed by atoms with Gasteiger partial charge >= 0.3 is 0 Å². The minimum Gasteiger partial charge on any atom is -0.364 e. The lowest BCUT2D eigenvalue weighted by Gasteiger charge is -2.16. The summed E-state index contributed by atoms with van der Waals surface area (Å²) in [7, 11) is 0. The molecule has 2 unspecified atom stereocenters. The van der Waals surface area contributed by atoms with E-state index in [9.17, 15) is 4.79 Å². The molecule has 0 fully saturated rings. The van der Waals surface area contributed by atoms with Gasteiger partial charge in [-0.15, -0.1) is 0 Å². The largest absolute Gasteiger partial charge is 0.364 e. The average Bonchev–Trinajstić information content (AvgIpc) is 2.69. The molecule has 1 aromatic heterocycles. The van der Waals surface area contributed by atoms with Crippen molar-refractivity contribution in [3.63, 3.8) is 0 Å². The molecular formula is C22H23N3O. The molecule has 0 saturated carbocycles. The molecule has 4 heteroatoms. The molecule has 4 nitrogen and oxygen atoms in total. The highest BCUT2D eigenvalue weighted by atomic mass is 16.1. The summed E-state index contributed by atoms with van der Waals surface area (Å²) >= 11 is 0. The molecule has 0 bridgehead atoms. The molecule has 2 N–H and O–H groups in total. The molecule has 1 heterocycles. The molecule has 0 aliphatic rings. The number of rotatable bonds is 6. The van der Waals surface area contributed by atoms with Crippen LogP contribution in [-0.2, 0) is 0 Å². The van der Waals surface area contributed by atoms with E-state index in [2.05, 4.69) is 34.7 Å². The van der Waals surface area contributed by atoms with Crippen LogP contribution in [0.15, 0.2) is 79.0 Å². The fraction of sp³-hybridized carbons (Fsp3) is 0.182. The molecular weight excluding hydrogens is 322 g/mol. The normalized spacial score (nSPS) is 12.8. The summed E-state index contributed by atoms with van der Waals surface area (Å²) in [6, 6.07) is 23.8. The molecule has 0 aliphatic carbocycles. The van der Waals surface area contributed by atoms with Gasteiger partial charge in [-0.25, -0.2) is 4.98 Å². The van der Waals surface area contributed by atoms with E-state index in [0.717, 1.165) is 11.4 Å². The van der Waals surface area contributed by atoms with Crippen molar-refractivity contribution in [2.75, 3.05) is 5.32 Å². The first-order chi connectivity index (χ1) is 12.6. The zero-order valence-electron chi connectivity index (χ0n) is 15.0. The van der Waals surface area contributed by atoms with Crippen molar-refractivity contribution in [1.29, 1.82) is 0 Å². The summed E-state index contributed by atoms with van der Waals surface area (Å²) < 4.78 is 0. The Morgan fingerprint density at radius 3 is 1.92 bits per heavy atom. The van der Waals surface area contributed by atoms with Gasteiger partial charge < -0.3 is 10.6 Å². The standard InChI is InChI=1S/C22H23N3O/c1-16(18-9-5-3-6-10-18)24-21-14-13-20(15-23-21)22(26)25-17(2)19-11-7-4-8-12-19/h3-17H,1-2H3,(H,23,24)(H,25,26). The SMILES string of the molecule is CC(NC(=O)c1ccc(NC(C)c2ccccc2)nc1)c1ccccc1. The Bertz CT molecular complexity index is 832. The predicted octanol–water partition coefficient (Wildman–Crippen LogP) is 4.75. The first-order valence-electron chi connectivity index (χ1n) is 8.77. The highest BCUT2D eigenvalue weighted by Crippen LogP contribution is 2.18. The topological polar surface area (TPSA) is 54.0 Å². The van der Waals surface area contributed by atoms with E-state index < -0.39 is 0 Å². The number of carbonyl (C=O) groups excluding carboxylic acids is 1. The van der Waals surface area contributed by atoms with Gasteiger partial charge in [0.05, 0.1) is 11.6 Å². The Labute approximate surface area is 154 Å². The highest BCUT2D eigenvalue weighted by molar-refractivity contribution is 5.94. The fourth-order valence-electron chi connectivity index (χ4n) is 2.77. The summed E-state index contributed by atoms with van der Waals surface area (Å²) in [4.78, 5) is 16.8. The Hall–Kier alpha value is -3.14. The van der Waals surface area contributed by atoms with Crippen LogP contribution < -0.4 is 10.6 Å². The van der Waals surface area contributed by atoms with Gasteiger partial charge in [-0.3, -0.25) is 4.79 Å². The summed E-state index contributed by atoms with van der Waals surface area (Å²) in [5.41, 5.74) is 2.81. The average molecular weight is 345 g/mol. The molecule has 2 aromatic carbocycles. The third kappa shape index (κ3) is 4.48. The van der Waals surface area contributed by atoms with Gasteiger partial charge in [-0.2, -0.15) is 0 Å². The zero-order chi connectivity index (χ0) is 18.4. The molecule has 3 aromatic rings. The number of hydrogen-bond acceptors (Lipinski definition) is 3. The third-order valence-electron chi connectivity index (χ3n) is 4.34. The van der Waals surface area contributed by atoms with Crippen LogP contribution in [-0.4, -0.2) is 10.9 Å². The van der Waals surface area contributed by atoms with E-state index in [1.165, 1.54) is 5.56 Å². The molecule has 3 rings (SSSR count). The van der Waals surface area contributed by atoms with Crippen molar-refractivity contribution in [3.05, 3.63) is 95.7 Å². The predicted molar refractivity (Wildman–Crippen MR) is 105 cm³/mol. The van der Waals surface area contributed by atoms with Crippen molar-refractivity contribution in [2.24, 2.45) is 0 Å². The van der Waals surface area contributed by atoms with E-state index in [4.69, 9.17) is 0 Å². The van der Waals surface area contributed by atoms with Crippen LogP contribution in [0.2, 0.25) is 0 Å². The van der Waals surface area contributed by atoms with Crippen molar-refractivity contribution in [2.45, 2.75) is 25.9 Å². The second-order valence-electron chi connectivity index (χ2n) is 6.31. The number of pyridine rings is 1. The van der Waals surface area contributed by atoms with E-state index in [0.29, 0.717) is 5.56 Å². The van der Waals surface area contributed by atoms with Crippen LogP contribution in [0.1, 0.15) is 47.4 Å². The molecule has 1 amide bonds. The van der Waals surface area contributed by atoms with Gasteiger partial charge in [0.1, 0.15) is 5.82 Å². The van der Waals surface area contributed by atoms with Crippen molar-refractivity contribution < 1.29 is 4.79 Å². The van der Waals surface area contributed by atoms with Crippen LogP contribution in [0.3, 0.4) is 0 Å². The third-order valence-corrected chi connectivity index (χ3v) is 4.34. The smallest absolute Gasteiger partial charge is 0.253 e. The fourth-order valence-corrected chi connectivity index (χ4v) is 2.77. The minimum atomic E-state index is -0.128. The first-order valence-corrected chi connectivity index (χ1v) is 8.77. The van der Waals surface area contributed by atoms with E-state index in [1.807, 2.05) is 61.5 Å². The summed E-state index contributed by atoms with van der Waals surface area (Å²) in [5, 5.41) is 6.35. The van der Waals surface area contributed by atoms with E-state index in [-0.39, 0.29) is 18.0 Å². The Morgan fingerprint density at radius 1 is 0.808 bits per heavy atom. The van der Waals surface area contributed by atoms with Crippen LogP contribution in [0.4, 0.5) is 5.82 Å². The maximum atomic E-state index is 12.4. The number of benzene rings is 2. The Kier molecular flexibility index (Phi) is 5.64. The van der Waals surface area contributed by atoms with Crippen LogP contribution >= 0.6 is 0 Å². The van der Waals surface area contributed by atoms with Crippen molar-refractivity contribution in [3.8, 4) is 0 Å². The molecule has 2 atom stereocenters. The van der Waals surface area contributed by atoms with Gasteiger partial charge in [-0.05, 0) is 37.1 Å². The number of aromatic nitrogens is 1. The number of carbonyl (C=O) groups is 1. The molecule has 0 saturated heterocycles. The number of hydrogen-bond donors (Lipinski definition) is 2. The lowest BCUT2D eigenvalue weighted by atomic mass is 10.1. The molecule has 0 aliphatic heterocycles. The van der Waals surface area contributed by atoms with Gasteiger partial charge in [-0.1, -0.05) is 60.7 Å². The van der Waals surface area contributed by atoms with Crippen LogP contribution in [0, 0.1) is 0 Å². The van der Waals surface area contributed by atoms with E-state index in [1.54, 1.807) is 12.3 Å². The minimum absolute atomic E-state index is 0.0559. The van der Waals surface area contributed by atoms with Crippen molar-refractivity contribution in [1.82, 2.24) is 10.3 Å². The summed E-state index contributed by atoms with van der Waals surface area (Å²) in [5.74, 6) is 0.616. The number of anilines is 1. The van der Waals surface area contributed by atoms with Crippen molar-refractivity contribution >= 4 is 11.7 Å². The molecule has 0 radical (unpaired) electrons. The lowest BCUT2D eigenvalue weighted by molar-refractivity contribution is 0.0939. The second kappa shape index (κ2) is 8.30. The number of nitrogens with zero attached hydrogens (tertiary/aromatic N) is 1. The van der Waals surface area contributed by atoms with Gasteiger partial charge in [0, 0.05) is 12.2 Å². The molecule has 0 spiro atoms. The zero-order valence-corrected chi connectivity index (χ0v) is 15.0. The van der Waals surface area contributed by atoms with Gasteiger partial charge in [0.15, 0.2) is 0 Å². The van der Waals surface area contributed by atoms with Crippen LogP contribution in [0.5, 0.6) is 0 Å². The first kappa shape index (κ1) is 17.7. The Balaban J connectivity index is 1.61. The van der Waals surface area contributed by atoms with Gasteiger partial charge in [0.2, 0.25) is 0 Å². The lowest BCUT2D eigenvalue weighted by Crippen LogP contribution is -2.26. The number of nitrogens with one attached hydrogen (secondary N) is 2. The van der Waals surface area contributed by atoms with Crippen LogP contribution in [0.25, 0.3) is 0 Å². The maximum Gasteiger partial charge on any atom is 0.253 e. The highest BCUT2D eigenvalue weighted by Gasteiger charge is 2.12. The molecule has 26 heavy (non-hydrogen) atoms. The summed E-state index contributed by atoms with van der Waals surface area (Å²) in [6.07, 6.45) is 1.60. The molecule has 132 valence electrons. The summed E-state index contributed by atoms with van der Waals surface area (Å²) in [6.45, 7) is 4.05.